The van der Waals surface area contributed by atoms with Crippen molar-refractivity contribution in [2.24, 2.45) is 0 Å². The van der Waals surface area contributed by atoms with Crippen LogP contribution in [0.15, 0.2) is 0 Å². The molecule has 0 aromatic rings. The second-order valence-electron chi connectivity index (χ2n) is 0. The molecule has 5 heavy (non-hydrogen) atoms. The first kappa shape index (κ1) is 47.6. The fraction of sp³-hybridized carbons (Fsp3) is 1.00. The third-order valence-electron chi connectivity index (χ3n) is 0. The van der Waals surface area contributed by atoms with Crippen molar-refractivity contribution in [1.29, 1.82) is 0 Å². The molecule has 4 heteroatoms. The molecule has 0 amide bonds. The summed E-state index contributed by atoms with van der Waals surface area (Å²) >= 11 is 0. The normalized spacial score (nSPS) is 0. The molecule has 0 saturated heterocycles. The summed E-state index contributed by atoms with van der Waals surface area (Å²) < 4.78 is 0. The molecule has 0 N–H and O–H groups in total. The Morgan fingerprint density at radius 2 is 1.00 bits per heavy atom. The summed E-state index contributed by atoms with van der Waals surface area (Å²) in [6.07, 6.45) is 0. The molecular formula is CH10AlBCeTi. The maximum absolute atomic E-state index is 0. The van der Waals surface area contributed by atoms with Gasteiger partial charge in [0, 0.05) is 63.5 Å². The summed E-state index contributed by atoms with van der Waals surface area (Å²) in [5.41, 5.74) is 0. The maximum Gasteiger partial charge on any atom is 0.187 e. The standard InChI is InChI=1S/CH4.Al.BH3.Ce.Ti.3H/h1H4;;1H3;;;;;. The van der Waals surface area contributed by atoms with Crippen LogP contribution in [0, 0.1) is 41.7 Å². The van der Waals surface area contributed by atoms with Gasteiger partial charge in [-0.3, -0.25) is 0 Å². The second-order valence-corrected chi connectivity index (χ2v) is 0. The van der Waals surface area contributed by atoms with Crippen molar-refractivity contribution in [3.8, 4) is 0 Å². The van der Waals surface area contributed by atoms with E-state index < -0.39 is 0 Å². The molecule has 0 bridgehead atoms. The summed E-state index contributed by atoms with van der Waals surface area (Å²) in [5.74, 6) is 0. The zero-order valence-electron chi connectivity index (χ0n) is 1.00. The van der Waals surface area contributed by atoms with Crippen LogP contribution in [-0.4, -0.2) is 25.8 Å². The molecule has 0 radical (unpaired) electrons. The van der Waals surface area contributed by atoms with E-state index in [2.05, 4.69) is 0 Å². The van der Waals surface area contributed by atoms with E-state index in [0.29, 0.717) is 0 Å². The van der Waals surface area contributed by atoms with E-state index in [-0.39, 0.29) is 96.7 Å². The first-order valence-corrected chi connectivity index (χ1v) is 0. The molecule has 0 spiro atoms. The summed E-state index contributed by atoms with van der Waals surface area (Å²) in [7, 11) is 0. The molecule has 28 valence electrons. The Morgan fingerprint density at radius 1 is 1.00 bits per heavy atom. The largest absolute Gasteiger partial charge is 0.187 e. The fourth-order valence-corrected chi connectivity index (χ4v) is 0. The molecule has 0 aliphatic heterocycles. The Bertz CT molecular complexity index is 11.6. The van der Waals surface area contributed by atoms with E-state index in [1.54, 1.807) is 0 Å². The Morgan fingerprint density at radius 3 is 1.00 bits per heavy atom. The molecule has 0 saturated carbocycles. The minimum atomic E-state index is 0. The van der Waals surface area contributed by atoms with Crippen molar-refractivity contribution >= 4 is 25.8 Å². The van der Waals surface area contributed by atoms with E-state index in [1.807, 2.05) is 0 Å². The van der Waals surface area contributed by atoms with E-state index in [9.17, 15) is 0 Å². The van der Waals surface area contributed by atoms with Gasteiger partial charge in [-0.05, 0) is 0 Å². The molecule has 0 aromatic heterocycles. The quantitative estimate of drug-likeness (QED) is 0.447. The van der Waals surface area contributed by atoms with Crippen LogP contribution in [0.5, 0.6) is 0 Å². The van der Waals surface area contributed by atoms with Crippen LogP contribution in [0.3, 0.4) is 0 Å². The van der Waals surface area contributed by atoms with Crippen molar-refractivity contribution in [2.45, 2.75) is 7.43 Å². The maximum atomic E-state index is 0. The number of rotatable bonds is 0. The molecule has 0 unspecified atom stereocenters. The predicted octanol–water partition coefficient (Wildman–Crippen LogP) is -1.73. The van der Waals surface area contributed by atoms with Gasteiger partial charge in [0.15, 0.2) is 17.4 Å². The second kappa shape index (κ2) is 29.9. The topological polar surface area (TPSA) is 0 Å². The summed E-state index contributed by atoms with van der Waals surface area (Å²) in [5, 5.41) is 0. The van der Waals surface area contributed by atoms with Crippen molar-refractivity contribution in [3.63, 3.8) is 0 Å². The van der Waals surface area contributed by atoms with Crippen LogP contribution in [0.1, 0.15) is 7.43 Å². The van der Waals surface area contributed by atoms with Gasteiger partial charge in [-0.15, -0.1) is 0 Å². The Labute approximate surface area is 94.8 Å². The Kier molecular flexibility index (Phi) is 285. The van der Waals surface area contributed by atoms with Crippen molar-refractivity contribution in [2.75, 3.05) is 0 Å². The van der Waals surface area contributed by atoms with Gasteiger partial charge in [0.2, 0.25) is 0 Å². The van der Waals surface area contributed by atoms with Crippen molar-refractivity contribution in [3.05, 3.63) is 0 Å². The molecule has 0 aromatic carbocycles. The summed E-state index contributed by atoms with van der Waals surface area (Å²) in [6, 6.07) is 0. The van der Waals surface area contributed by atoms with Gasteiger partial charge in [-0.2, -0.15) is 0 Å². The molecule has 0 aliphatic carbocycles. The summed E-state index contributed by atoms with van der Waals surface area (Å²) in [6.45, 7) is 0. The van der Waals surface area contributed by atoms with Gasteiger partial charge in [-0.1, -0.05) is 7.43 Å². The smallest absolute Gasteiger partial charge is 0.0776 e. The number of hydrogen-bond acceptors (Lipinski definition) is 0. The van der Waals surface area contributed by atoms with E-state index in [4.69, 9.17) is 0 Å². The third kappa shape index (κ3) is 20.3. The SMILES string of the molecule is B.C.[AlH3].[Ce].[Ti]. The molecule has 0 fully saturated rings. The zero-order chi connectivity index (χ0) is 0. The van der Waals surface area contributed by atoms with Crippen LogP contribution in [0.25, 0.3) is 0 Å². The monoisotopic (exact) mass is 248 g/mol. The Hall–Kier alpha value is 2.69. The molecular weight excluding hydrogens is 238 g/mol. The zero-order valence-corrected chi connectivity index (χ0v) is 5.70. The van der Waals surface area contributed by atoms with Crippen LogP contribution in [-0.2, 0) is 21.7 Å². The molecule has 0 nitrogen and oxygen atoms in total. The van der Waals surface area contributed by atoms with Crippen molar-refractivity contribution in [1.82, 2.24) is 0 Å². The molecule has 0 atom stereocenters. The average Bonchev–Trinajstić information content (AvgIpc) is 0. The first-order valence-electron chi connectivity index (χ1n) is 0. The van der Waals surface area contributed by atoms with Crippen LogP contribution in [0.4, 0.5) is 0 Å². The van der Waals surface area contributed by atoms with Gasteiger partial charge < -0.3 is 0 Å². The minimum absolute atomic E-state index is 0. The molecule has 0 aliphatic rings. The van der Waals surface area contributed by atoms with E-state index in [1.165, 1.54) is 0 Å². The molecule has 0 heterocycles. The minimum Gasteiger partial charge on any atom is -0.0776 e. The van der Waals surface area contributed by atoms with Crippen LogP contribution in [0.2, 0.25) is 0 Å². The van der Waals surface area contributed by atoms with Gasteiger partial charge in [0.1, 0.15) is 0 Å². The van der Waals surface area contributed by atoms with E-state index in [0.717, 1.165) is 0 Å². The van der Waals surface area contributed by atoms with Crippen LogP contribution < -0.4 is 0 Å². The van der Waals surface area contributed by atoms with Gasteiger partial charge in [0.25, 0.3) is 0 Å². The predicted molar refractivity (Wildman–Crippen MR) is 26.6 cm³/mol. The van der Waals surface area contributed by atoms with Gasteiger partial charge in [-0.25, -0.2) is 0 Å². The number of hydrogen-bond donors (Lipinski definition) is 0. The molecule has 0 rings (SSSR count). The summed E-state index contributed by atoms with van der Waals surface area (Å²) in [4.78, 5) is 0. The van der Waals surface area contributed by atoms with Crippen molar-refractivity contribution < 1.29 is 63.5 Å². The fourth-order valence-electron chi connectivity index (χ4n) is 0. The van der Waals surface area contributed by atoms with Gasteiger partial charge >= 0.3 is 0 Å². The third-order valence-corrected chi connectivity index (χ3v) is 0. The van der Waals surface area contributed by atoms with E-state index >= 15 is 0 Å². The van der Waals surface area contributed by atoms with Gasteiger partial charge in [0.05, 0.1) is 8.41 Å². The Balaban J connectivity index is 0. The first-order chi connectivity index (χ1) is 0. The average molecular weight is 248 g/mol. The van der Waals surface area contributed by atoms with Crippen LogP contribution >= 0.6 is 0 Å².